The molecule has 0 aliphatic rings. The summed E-state index contributed by atoms with van der Waals surface area (Å²) < 4.78 is -1.83. The number of hydrogen-bond acceptors (Lipinski definition) is 2. The zero-order chi connectivity index (χ0) is 19.3. The van der Waals surface area contributed by atoms with Gasteiger partial charge >= 0.3 is 0 Å². The molecule has 0 fully saturated rings. The van der Waals surface area contributed by atoms with Gasteiger partial charge in [0.25, 0.3) is 5.91 Å². The van der Waals surface area contributed by atoms with Gasteiger partial charge in [-0.25, -0.2) is 0 Å². The molecule has 1 amide bonds. The molecular formula is C17H15Cl4N3OS. The fourth-order valence-corrected chi connectivity index (χ4v) is 2.74. The monoisotopic (exact) mass is 449 g/mol. The number of anilines is 1. The zero-order valence-corrected chi connectivity index (χ0v) is 17.4. The van der Waals surface area contributed by atoms with Crippen LogP contribution in [0.1, 0.15) is 15.9 Å². The smallest absolute Gasteiger partial charge is 0.252 e. The summed E-state index contributed by atoms with van der Waals surface area (Å²) in [7, 11) is 0. The van der Waals surface area contributed by atoms with Crippen molar-refractivity contribution in [2.24, 2.45) is 0 Å². The molecule has 0 heterocycles. The van der Waals surface area contributed by atoms with Crippen molar-refractivity contribution in [1.29, 1.82) is 0 Å². The van der Waals surface area contributed by atoms with E-state index in [1.165, 1.54) is 0 Å². The van der Waals surface area contributed by atoms with Crippen LogP contribution in [-0.2, 0) is 0 Å². The number of rotatable bonds is 4. The molecule has 2 rings (SSSR count). The second kappa shape index (κ2) is 9.11. The fraction of sp³-hybridized carbons (Fsp3) is 0.176. The van der Waals surface area contributed by atoms with Gasteiger partial charge in [-0.2, -0.15) is 0 Å². The standard InChI is InChI=1S/C17H15Cl4N3OS/c1-10-5-7-11(8-6-10)14(25)23-15(17(19,20)21)24-16(26)22-13-4-2-3-12(18)9-13/h2-9,15H,1H3,(H,23,25)(H2,22,24,26). The third-order valence-electron chi connectivity index (χ3n) is 3.27. The number of benzene rings is 2. The first-order chi connectivity index (χ1) is 12.1. The molecule has 9 heteroatoms. The number of amides is 1. The topological polar surface area (TPSA) is 53.2 Å². The molecule has 4 nitrogen and oxygen atoms in total. The summed E-state index contributed by atoms with van der Waals surface area (Å²) in [6.07, 6.45) is -1.06. The quantitative estimate of drug-likeness (QED) is 0.346. The largest absolute Gasteiger partial charge is 0.339 e. The molecule has 2 aromatic carbocycles. The van der Waals surface area contributed by atoms with Crippen LogP contribution in [0.4, 0.5) is 5.69 Å². The second-order valence-corrected chi connectivity index (χ2v) is 8.64. The Balaban J connectivity index is 2.06. The SMILES string of the molecule is Cc1ccc(C(=O)NC(NC(=S)Nc2cccc(Cl)c2)C(Cl)(Cl)Cl)cc1. The Hall–Kier alpha value is -1.24. The highest BCUT2D eigenvalue weighted by Crippen LogP contribution is 2.29. The summed E-state index contributed by atoms with van der Waals surface area (Å²) in [4.78, 5) is 12.4. The van der Waals surface area contributed by atoms with E-state index in [-0.39, 0.29) is 5.11 Å². The van der Waals surface area contributed by atoms with E-state index in [4.69, 9.17) is 58.6 Å². The van der Waals surface area contributed by atoms with E-state index < -0.39 is 15.9 Å². The molecule has 3 N–H and O–H groups in total. The summed E-state index contributed by atoms with van der Waals surface area (Å²) in [5.74, 6) is -0.403. The Labute approximate surface area is 177 Å². The molecule has 0 spiro atoms. The Bertz CT molecular complexity index is 793. The van der Waals surface area contributed by atoms with Gasteiger partial charge < -0.3 is 16.0 Å². The fourth-order valence-electron chi connectivity index (χ4n) is 1.98. The van der Waals surface area contributed by atoms with Gasteiger partial charge in [0, 0.05) is 16.3 Å². The van der Waals surface area contributed by atoms with Crippen molar-refractivity contribution in [3.05, 3.63) is 64.7 Å². The lowest BCUT2D eigenvalue weighted by molar-refractivity contribution is 0.0934. The first-order valence-corrected chi connectivity index (χ1v) is 9.34. The molecule has 26 heavy (non-hydrogen) atoms. The van der Waals surface area contributed by atoms with Gasteiger partial charge in [0.1, 0.15) is 6.17 Å². The highest BCUT2D eigenvalue weighted by Gasteiger charge is 2.34. The van der Waals surface area contributed by atoms with E-state index in [2.05, 4.69) is 16.0 Å². The van der Waals surface area contributed by atoms with E-state index in [1.807, 2.05) is 19.1 Å². The third-order valence-corrected chi connectivity index (χ3v) is 4.38. The first kappa shape index (κ1) is 21.1. The lowest BCUT2D eigenvalue weighted by Crippen LogP contribution is -2.56. The predicted molar refractivity (Wildman–Crippen MR) is 114 cm³/mol. The Morgan fingerprint density at radius 1 is 1.08 bits per heavy atom. The van der Waals surface area contributed by atoms with Crippen LogP contribution < -0.4 is 16.0 Å². The van der Waals surface area contributed by atoms with Gasteiger partial charge in [-0.05, 0) is 49.5 Å². The van der Waals surface area contributed by atoms with Crippen molar-refractivity contribution in [2.45, 2.75) is 16.9 Å². The predicted octanol–water partition coefficient (Wildman–Crippen LogP) is 5.06. The molecule has 138 valence electrons. The molecule has 0 saturated carbocycles. The van der Waals surface area contributed by atoms with Crippen molar-refractivity contribution >= 4 is 75.3 Å². The molecule has 0 aromatic heterocycles. The van der Waals surface area contributed by atoms with Crippen LogP contribution in [0.5, 0.6) is 0 Å². The van der Waals surface area contributed by atoms with Gasteiger partial charge in [0.05, 0.1) is 0 Å². The molecule has 1 atom stereocenters. The molecule has 1 unspecified atom stereocenters. The van der Waals surface area contributed by atoms with Gasteiger partial charge in [0.2, 0.25) is 3.79 Å². The van der Waals surface area contributed by atoms with Gasteiger partial charge in [0.15, 0.2) is 5.11 Å². The number of aryl methyl sites for hydroxylation is 1. The van der Waals surface area contributed by atoms with Crippen LogP contribution in [-0.4, -0.2) is 21.0 Å². The van der Waals surface area contributed by atoms with Gasteiger partial charge in [-0.15, -0.1) is 0 Å². The average Bonchev–Trinajstić information content (AvgIpc) is 2.53. The number of hydrogen-bond donors (Lipinski definition) is 3. The van der Waals surface area contributed by atoms with Crippen molar-refractivity contribution in [1.82, 2.24) is 10.6 Å². The number of halogens is 4. The van der Waals surface area contributed by atoms with Crippen molar-refractivity contribution in [3.63, 3.8) is 0 Å². The van der Waals surface area contributed by atoms with E-state index in [0.717, 1.165) is 5.56 Å². The van der Waals surface area contributed by atoms with E-state index in [9.17, 15) is 4.79 Å². The first-order valence-electron chi connectivity index (χ1n) is 7.42. The molecule has 0 aliphatic heterocycles. The van der Waals surface area contributed by atoms with Crippen LogP contribution in [0.2, 0.25) is 5.02 Å². The molecule has 0 saturated heterocycles. The summed E-state index contributed by atoms with van der Waals surface area (Å²) in [5, 5.41) is 9.03. The summed E-state index contributed by atoms with van der Waals surface area (Å²) in [5.41, 5.74) is 2.12. The maximum atomic E-state index is 12.4. The number of thiocarbonyl (C=S) groups is 1. The second-order valence-electron chi connectivity index (χ2n) is 5.42. The highest BCUT2D eigenvalue weighted by molar-refractivity contribution is 7.80. The third kappa shape index (κ3) is 6.49. The number of carbonyl (C=O) groups is 1. The normalized spacial score (nSPS) is 12.2. The minimum atomic E-state index is -1.83. The van der Waals surface area contributed by atoms with Crippen LogP contribution in [0.25, 0.3) is 0 Å². The Kier molecular flexibility index (Phi) is 7.38. The van der Waals surface area contributed by atoms with Crippen molar-refractivity contribution in [2.75, 3.05) is 5.32 Å². The van der Waals surface area contributed by atoms with Crippen LogP contribution in [0, 0.1) is 6.92 Å². The maximum absolute atomic E-state index is 12.4. The lowest BCUT2D eigenvalue weighted by Gasteiger charge is -2.27. The number of nitrogens with one attached hydrogen (secondary N) is 3. The minimum absolute atomic E-state index is 0.160. The molecule has 2 aromatic rings. The Morgan fingerprint density at radius 3 is 2.31 bits per heavy atom. The van der Waals surface area contributed by atoms with Gasteiger partial charge in [-0.1, -0.05) is 70.2 Å². The lowest BCUT2D eigenvalue weighted by atomic mass is 10.1. The van der Waals surface area contributed by atoms with E-state index >= 15 is 0 Å². The summed E-state index contributed by atoms with van der Waals surface area (Å²) >= 11 is 29.1. The molecule has 0 radical (unpaired) electrons. The summed E-state index contributed by atoms with van der Waals surface area (Å²) in [6, 6.07) is 14.0. The molecule has 0 aliphatic carbocycles. The zero-order valence-electron chi connectivity index (χ0n) is 13.5. The maximum Gasteiger partial charge on any atom is 0.252 e. The van der Waals surface area contributed by atoms with Crippen LogP contribution in [0.3, 0.4) is 0 Å². The van der Waals surface area contributed by atoms with Crippen LogP contribution >= 0.6 is 58.6 Å². The molecule has 0 bridgehead atoms. The summed E-state index contributed by atoms with van der Waals surface area (Å²) in [6.45, 7) is 1.92. The minimum Gasteiger partial charge on any atom is -0.339 e. The van der Waals surface area contributed by atoms with Crippen molar-refractivity contribution < 1.29 is 4.79 Å². The van der Waals surface area contributed by atoms with Gasteiger partial charge in [-0.3, -0.25) is 4.79 Å². The van der Waals surface area contributed by atoms with E-state index in [0.29, 0.717) is 16.3 Å². The number of carbonyl (C=O) groups excluding carboxylic acids is 1. The Morgan fingerprint density at radius 2 is 1.73 bits per heavy atom. The number of alkyl halides is 3. The average molecular weight is 451 g/mol. The molecular weight excluding hydrogens is 436 g/mol. The van der Waals surface area contributed by atoms with E-state index in [1.54, 1.807) is 36.4 Å². The van der Waals surface area contributed by atoms with Crippen molar-refractivity contribution in [3.8, 4) is 0 Å². The van der Waals surface area contributed by atoms with Crippen LogP contribution in [0.15, 0.2) is 48.5 Å². The highest BCUT2D eigenvalue weighted by atomic mass is 35.6.